The number of hydrogen-bond acceptors (Lipinski definition) is 3. The van der Waals surface area contributed by atoms with Crippen LogP contribution < -0.4 is 5.32 Å². The zero-order chi connectivity index (χ0) is 12.5. The molecule has 0 heterocycles. The van der Waals surface area contributed by atoms with Crippen LogP contribution in [0.25, 0.3) is 6.08 Å². The third-order valence-electron chi connectivity index (χ3n) is 1.86. The molecule has 0 bridgehead atoms. The third-order valence-corrected chi connectivity index (χ3v) is 1.86. The van der Waals surface area contributed by atoms with Crippen LogP contribution in [-0.2, 0) is 4.74 Å². The minimum Gasteiger partial charge on any atom is -0.450 e. The number of ether oxygens (including phenoxy) is 1. The van der Waals surface area contributed by atoms with Crippen molar-refractivity contribution in [2.45, 2.75) is 6.92 Å². The number of anilines is 1. The highest BCUT2D eigenvalue weighted by Crippen LogP contribution is 2.16. The highest BCUT2D eigenvalue weighted by molar-refractivity contribution is 5.87. The first-order valence-corrected chi connectivity index (χ1v) is 5.11. The summed E-state index contributed by atoms with van der Waals surface area (Å²) < 4.78 is 4.78. The average molecular weight is 228 g/mol. The maximum atomic E-state index is 11.3. The maximum absolute atomic E-state index is 11.3. The zero-order valence-corrected chi connectivity index (χ0v) is 9.43. The number of nitriles is 1. The molecule has 0 aliphatic rings. The predicted molar refractivity (Wildman–Crippen MR) is 65.2 cm³/mol. The number of para-hydroxylation sites is 1. The van der Waals surface area contributed by atoms with Crippen LogP contribution in [0, 0.1) is 11.3 Å². The molecular formula is C13H12N2O2. The summed E-state index contributed by atoms with van der Waals surface area (Å²) in [7, 11) is 0. The van der Waals surface area contributed by atoms with Gasteiger partial charge in [0.1, 0.15) is 0 Å². The average Bonchev–Trinajstić information content (AvgIpc) is 2.32. The van der Waals surface area contributed by atoms with Crippen molar-refractivity contribution in [3.8, 4) is 6.07 Å². The van der Waals surface area contributed by atoms with Gasteiger partial charge in [-0.15, -0.1) is 5.73 Å². The van der Waals surface area contributed by atoms with Crippen molar-refractivity contribution in [1.82, 2.24) is 0 Å². The van der Waals surface area contributed by atoms with Gasteiger partial charge in [0.05, 0.1) is 24.4 Å². The van der Waals surface area contributed by atoms with Gasteiger partial charge in [0.15, 0.2) is 0 Å². The smallest absolute Gasteiger partial charge is 0.411 e. The maximum Gasteiger partial charge on any atom is 0.411 e. The summed E-state index contributed by atoms with van der Waals surface area (Å²) in [5.41, 5.74) is 4.07. The summed E-state index contributed by atoms with van der Waals surface area (Å²) in [4.78, 5) is 11.3. The van der Waals surface area contributed by atoms with E-state index in [0.29, 0.717) is 12.3 Å². The standard InChI is InChI=1S/C13H12N2O2/c1-2-17-13(16)15-12-9-4-3-7-11(12)8-5-6-10-14/h3-4,6-9H,2H2,1H3,(H,15,16). The van der Waals surface area contributed by atoms with Gasteiger partial charge < -0.3 is 4.74 Å². The summed E-state index contributed by atoms with van der Waals surface area (Å²) in [6.45, 7) is 2.05. The van der Waals surface area contributed by atoms with Gasteiger partial charge in [-0.1, -0.05) is 18.2 Å². The van der Waals surface area contributed by atoms with Crippen LogP contribution in [0.2, 0.25) is 0 Å². The molecule has 0 aromatic heterocycles. The van der Waals surface area contributed by atoms with Crippen molar-refractivity contribution in [2.75, 3.05) is 11.9 Å². The monoisotopic (exact) mass is 228 g/mol. The summed E-state index contributed by atoms with van der Waals surface area (Å²) in [5.74, 6) is 0. The van der Waals surface area contributed by atoms with E-state index >= 15 is 0 Å². The summed E-state index contributed by atoms with van der Waals surface area (Å²) in [5, 5.41) is 11.0. The van der Waals surface area contributed by atoms with Crippen molar-refractivity contribution in [3.05, 3.63) is 41.6 Å². The number of allylic oxidation sites excluding steroid dienone is 1. The van der Waals surface area contributed by atoms with Gasteiger partial charge in [-0.2, -0.15) is 5.26 Å². The largest absolute Gasteiger partial charge is 0.450 e. The second-order valence-electron chi connectivity index (χ2n) is 3.02. The molecule has 1 aromatic rings. The molecule has 1 aromatic carbocycles. The highest BCUT2D eigenvalue weighted by atomic mass is 16.5. The van der Waals surface area contributed by atoms with Crippen LogP contribution in [0.5, 0.6) is 0 Å². The molecule has 0 aliphatic heterocycles. The van der Waals surface area contributed by atoms with E-state index in [0.717, 1.165) is 5.56 Å². The molecule has 0 radical (unpaired) electrons. The third kappa shape index (κ3) is 4.25. The van der Waals surface area contributed by atoms with E-state index in [1.54, 1.807) is 31.2 Å². The Morgan fingerprint density at radius 2 is 2.29 bits per heavy atom. The van der Waals surface area contributed by atoms with E-state index in [9.17, 15) is 4.79 Å². The number of rotatable bonds is 3. The summed E-state index contributed by atoms with van der Waals surface area (Å²) in [6.07, 6.45) is 2.35. The van der Waals surface area contributed by atoms with Crippen LogP contribution in [0.3, 0.4) is 0 Å². The Hall–Kier alpha value is -2.50. The summed E-state index contributed by atoms with van der Waals surface area (Å²) in [6, 6.07) is 9.02. The number of carbonyl (C=O) groups excluding carboxylic acids is 1. The first-order chi connectivity index (χ1) is 8.27. The predicted octanol–water partition coefficient (Wildman–Crippen LogP) is 2.95. The van der Waals surface area contributed by atoms with Crippen molar-refractivity contribution in [1.29, 1.82) is 5.26 Å². The Balaban J connectivity index is 2.89. The molecular weight excluding hydrogens is 216 g/mol. The number of nitrogens with one attached hydrogen (secondary N) is 1. The SMILES string of the molecule is CCOC(=O)Nc1ccccc1C=C=CC#N. The van der Waals surface area contributed by atoms with Gasteiger partial charge in [0.2, 0.25) is 0 Å². The lowest BCUT2D eigenvalue weighted by molar-refractivity contribution is 0.168. The van der Waals surface area contributed by atoms with Gasteiger partial charge in [0.25, 0.3) is 0 Å². The molecule has 0 saturated heterocycles. The molecule has 0 saturated carbocycles. The van der Waals surface area contributed by atoms with Gasteiger partial charge in [-0.25, -0.2) is 4.79 Å². The molecule has 4 heteroatoms. The van der Waals surface area contributed by atoms with E-state index in [1.807, 2.05) is 12.1 Å². The van der Waals surface area contributed by atoms with Gasteiger partial charge in [0, 0.05) is 5.56 Å². The fourth-order valence-corrected chi connectivity index (χ4v) is 1.18. The first kappa shape index (κ1) is 12.6. The molecule has 86 valence electrons. The lowest BCUT2D eigenvalue weighted by Gasteiger charge is -2.07. The summed E-state index contributed by atoms with van der Waals surface area (Å²) >= 11 is 0. The molecule has 1 rings (SSSR count). The fraction of sp³-hybridized carbons (Fsp3) is 0.154. The van der Waals surface area contributed by atoms with E-state index in [2.05, 4.69) is 11.0 Å². The van der Waals surface area contributed by atoms with Gasteiger partial charge in [-0.05, 0) is 19.1 Å². The molecule has 0 atom stereocenters. The molecule has 1 amide bonds. The first-order valence-electron chi connectivity index (χ1n) is 5.11. The molecule has 17 heavy (non-hydrogen) atoms. The fourth-order valence-electron chi connectivity index (χ4n) is 1.18. The van der Waals surface area contributed by atoms with E-state index in [1.165, 1.54) is 6.08 Å². The van der Waals surface area contributed by atoms with Gasteiger partial charge >= 0.3 is 6.09 Å². The minimum absolute atomic E-state index is 0.318. The topological polar surface area (TPSA) is 62.1 Å². The van der Waals surface area contributed by atoms with Crippen LogP contribution in [0.15, 0.2) is 36.1 Å². The molecule has 0 aliphatic carbocycles. The Morgan fingerprint density at radius 3 is 3.00 bits per heavy atom. The molecule has 0 unspecified atom stereocenters. The van der Waals surface area contributed by atoms with Crippen LogP contribution in [0.1, 0.15) is 12.5 Å². The second kappa shape index (κ2) is 6.89. The Kier molecular flexibility index (Phi) is 5.09. The van der Waals surface area contributed by atoms with E-state index < -0.39 is 6.09 Å². The molecule has 4 nitrogen and oxygen atoms in total. The van der Waals surface area contributed by atoms with Crippen LogP contribution >= 0.6 is 0 Å². The highest BCUT2D eigenvalue weighted by Gasteiger charge is 2.04. The van der Waals surface area contributed by atoms with Crippen molar-refractivity contribution < 1.29 is 9.53 Å². The van der Waals surface area contributed by atoms with Crippen LogP contribution in [0.4, 0.5) is 10.5 Å². The quantitative estimate of drug-likeness (QED) is 0.639. The molecule has 0 spiro atoms. The van der Waals surface area contributed by atoms with Gasteiger partial charge in [-0.3, -0.25) is 5.32 Å². The number of carbonyl (C=O) groups is 1. The lowest BCUT2D eigenvalue weighted by Crippen LogP contribution is -2.13. The minimum atomic E-state index is -0.502. The molecule has 1 N–H and O–H groups in total. The normalized spacial score (nSPS) is 8.47. The second-order valence-corrected chi connectivity index (χ2v) is 3.02. The Labute approximate surface area is 99.8 Å². The van der Waals surface area contributed by atoms with Crippen molar-refractivity contribution in [3.63, 3.8) is 0 Å². The molecule has 0 fully saturated rings. The number of amides is 1. The van der Waals surface area contributed by atoms with Crippen molar-refractivity contribution >= 4 is 17.9 Å². The van der Waals surface area contributed by atoms with E-state index in [-0.39, 0.29) is 0 Å². The van der Waals surface area contributed by atoms with Crippen molar-refractivity contribution in [2.24, 2.45) is 0 Å². The number of benzene rings is 1. The van der Waals surface area contributed by atoms with Crippen LogP contribution in [-0.4, -0.2) is 12.7 Å². The number of nitrogens with zero attached hydrogens (tertiary/aromatic N) is 1. The zero-order valence-electron chi connectivity index (χ0n) is 9.43. The Morgan fingerprint density at radius 1 is 1.53 bits per heavy atom. The van der Waals surface area contributed by atoms with E-state index in [4.69, 9.17) is 10.00 Å². The number of hydrogen-bond donors (Lipinski definition) is 1. The Bertz CT molecular complexity index is 494. The lowest BCUT2D eigenvalue weighted by atomic mass is 10.2.